The molecule has 3 rings (SSSR count). The molecule has 7 nitrogen and oxygen atoms in total. The Morgan fingerprint density at radius 2 is 1.94 bits per heavy atom. The second kappa shape index (κ2) is 10.6. The van der Waals surface area contributed by atoms with Gasteiger partial charge in [0, 0.05) is 44.1 Å². The van der Waals surface area contributed by atoms with Crippen LogP contribution in [0.15, 0.2) is 53.7 Å². The van der Waals surface area contributed by atoms with Crippen LogP contribution in [0.1, 0.15) is 35.0 Å². The lowest BCUT2D eigenvalue weighted by Crippen LogP contribution is -2.42. The van der Waals surface area contributed by atoms with Gasteiger partial charge in [0.15, 0.2) is 5.96 Å². The van der Waals surface area contributed by atoms with Gasteiger partial charge in [0.1, 0.15) is 6.61 Å². The Kier molecular flexibility index (Phi) is 7.65. The van der Waals surface area contributed by atoms with Crippen molar-refractivity contribution < 1.29 is 4.74 Å². The number of pyridine rings is 1. The van der Waals surface area contributed by atoms with Crippen molar-refractivity contribution in [3.05, 3.63) is 76.7 Å². The van der Waals surface area contributed by atoms with Crippen molar-refractivity contribution in [2.75, 3.05) is 7.05 Å². The lowest BCUT2D eigenvalue weighted by molar-refractivity contribution is 0.290. The van der Waals surface area contributed by atoms with E-state index in [2.05, 4.69) is 46.5 Å². The Labute approximate surface area is 184 Å². The molecular weight excluding hydrogens is 388 g/mol. The predicted octanol–water partition coefficient (Wildman–Crippen LogP) is 3.31. The van der Waals surface area contributed by atoms with Gasteiger partial charge in [0.25, 0.3) is 0 Å². The first-order valence-electron chi connectivity index (χ1n) is 10.5. The van der Waals surface area contributed by atoms with Crippen molar-refractivity contribution in [2.45, 2.75) is 46.4 Å². The van der Waals surface area contributed by atoms with Crippen molar-refractivity contribution in [1.82, 2.24) is 25.4 Å². The highest BCUT2D eigenvalue weighted by Gasteiger charge is 2.14. The van der Waals surface area contributed by atoms with Gasteiger partial charge in [-0.3, -0.25) is 9.67 Å². The minimum atomic E-state index is 0.204. The van der Waals surface area contributed by atoms with Crippen molar-refractivity contribution >= 4 is 5.96 Å². The number of hydrogen-bond acceptors (Lipinski definition) is 4. The van der Waals surface area contributed by atoms with Crippen molar-refractivity contribution in [1.29, 1.82) is 0 Å². The van der Waals surface area contributed by atoms with Crippen LogP contribution in [0.4, 0.5) is 0 Å². The third-order valence-electron chi connectivity index (χ3n) is 5.29. The van der Waals surface area contributed by atoms with E-state index in [1.165, 1.54) is 11.3 Å². The summed E-state index contributed by atoms with van der Waals surface area (Å²) in [6.45, 7) is 7.36. The smallest absolute Gasteiger partial charge is 0.218 e. The quantitative estimate of drug-likeness (QED) is 0.432. The maximum Gasteiger partial charge on any atom is 0.218 e. The Hall–Kier alpha value is -3.35. The maximum absolute atomic E-state index is 5.96. The number of rotatable bonds is 8. The summed E-state index contributed by atoms with van der Waals surface area (Å²) in [5.41, 5.74) is 5.64. The lowest BCUT2D eigenvalue weighted by Gasteiger charge is -2.19. The van der Waals surface area contributed by atoms with E-state index < -0.39 is 0 Å². The normalized spacial score (nSPS) is 12.5. The Morgan fingerprint density at radius 1 is 1.16 bits per heavy atom. The fraction of sp³-hybridized carbons (Fsp3) is 0.375. The summed E-state index contributed by atoms with van der Waals surface area (Å²) < 4.78 is 7.89. The molecule has 0 saturated heterocycles. The number of nitrogens with zero attached hydrogens (tertiary/aromatic N) is 4. The standard InChI is InChI=1S/C24H32N6O/c1-17(14-22-18(2)29-30(5)19(22)3)28-24(25-4)27-15-21-12-9-13-26-23(21)31-16-20-10-7-6-8-11-20/h6-13,17H,14-16H2,1-5H3,(H2,25,27,28). The van der Waals surface area contributed by atoms with E-state index in [1.54, 1.807) is 13.2 Å². The van der Waals surface area contributed by atoms with Gasteiger partial charge in [0.2, 0.25) is 5.88 Å². The maximum atomic E-state index is 5.96. The molecule has 0 spiro atoms. The summed E-state index contributed by atoms with van der Waals surface area (Å²) in [6, 6.07) is 14.2. The van der Waals surface area contributed by atoms with Gasteiger partial charge in [-0.2, -0.15) is 5.10 Å². The number of benzene rings is 1. The van der Waals surface area contributed by atoms with Crippen molar-refractivity contribution in [3.8, 4) is 5.88 Å². The second-order valence-corrected chi connectivity index (χ2v) is 7.69. The highest BCUT2D eigenvalue weighted by molar-refractivity contribution is 5.80. The zero-order valence-corrected chi connectivity index (χ0v) is 19.0. The van der Waals surface area contributed by atoms with Gasteiger partial charge in [-0.15, -0.1) is 0 Å². The molecular formula is C24H32N6O. The number of aromatic nitrogens is 3. The van der Waals surface area contributed by atoms with Crippen LogP contribution in [0.2, 0.25) is 0 Å². The van der Waals surface area contributed by atoms with E-state index >= 15 is 0 Å². The highest BCUT2D eigenvalue weighted by atomic mass is 16.5. The summed E-state index contributed by atoms with van der Waals surface area (Å²) in [6.07, 6.45) is 2.63. The average molecular weight is 421 g/mol. The second-order valence-electron chi connectivity index (χ2n) is 7.69. The highest BCUT2D eigenvalue weighted by Crippen LogP contribution is 2.16. The van der Waals surface area contributed by atoms with E-state index in [4.69, 9.17) is 4.74 Å². The molecule has 3 aromatic rings. The SMILES string of the molecule is CN=C(NCc1cccnc1OCc1ccccc1)NC(C)Cc1c(C)nn(C)c1C. The Morgan fingerprint density at radius 3 is 2.61 bits per heavy atom. The molecule has 0 aliphatic rings. The lowest BCUT2D eigenvalue weighted by atomic mass is 10.1. The minimum Gasteiger partial charge on any atom is -0.473 e. The van der Waals surface area contributed by atoms with Gasteiger partial charge >= 0.3 is 0 Å². The first kappa shape index (κ1) is 22.3. The third-order valence-corrected chi connectivity index (χ3v) is 5.29. The molecule has 7 heteroatoms. The van der Waals surface area contributed by atoms with E-state index in [1.807, 2.05) is 54.2 Å². The van der Waals surface area contributed by atoms with Gasteiger partial charge in [0.05, 0.1) is 5.69 Å². The first-order valence-corrected chi connectivity index (χ1v) is 10.5. The number of aliphatic imine (C=N–C) groups is 1. The van der Waals surface area contributed by atoms with Crippen LogP contribution in [-0.4, -0.2) is 33.8 Å². The fourth-order valence-electron chi connectivity index (χ4n) is 3.49. The summed E-state index contributed by atoms with van der Waals surface area (Å²) in [4.78, 5) is 8.77. The molecule has 0 fully saturated rings. The first-order chi connectivity index (χ1) is 15.0. The number of guanidine groups is 1. The van der Waals surface area contributed by atoms with E-state index in [0.29, 0.717) is 19.0 Å². The zero-order chi connectivity index (χ0) is 22.2. The van der Waals surface area contributed by atoms with Crippen LogP contribution >= 0.6 is 0 Å². The summed E-state index contributed by atoms with van der Waals surface area (Å²) in [5, 5.41) is 11.4. The number of aryl methyl sites for hydroxylation is 2. The molecule has 0 aliphatic carbocycles. The molecule has 1 aromatic carbocycles. The van der Waals surface area contributed by atoms with E-state index in [-0.39, 0.29) is 6.04 Å². The number of nitrogens with one attached hydrogen (secondary N) is 2. The Bertz CT molecular complexity index is 1010. The molecule has 1 unspecified atom stereocenters. The average Bonchev–Trinajstić information content (AvgIpc) is 3.02. The molecule has 0 aliphatic heterocycles. The van der Waals surface area contributed by atoms with Gasteiger partial charge in [-0.1, -0.05) is 36.4 Å². The number of hydrogen-bond donors (Lipinski definition) is 2. The molecule has 2 N–H and O–H groups in total. The molecule has 0 saturated carbocycles. The molecule has 0 amide bonds. The topological polar surface area (TPSA) is 76.4 Å². The van der Waals surface area contributed by atoms with Crippen LogP contribution in [-0.2, 0) is 26.6 Å². The van der Waals surface area contributed by atoms with Gasteiger partial charge in [-0.25, -0.2) is 4.98 Å². The number of ether oxygens (including phenoxy) is 1. The predicted molar refractivity (Wildman–Crippen MR) is 124 cm³/mol. The zero-order valence-electron chi connectivity index (χ0n) is 19.0. The minimum absolute atomic E-state index is 0.204. The summed E-state index contributed by atoms with van der Waals surface area (Å²) in [7, 11) is 3.76. The van der Waals surface area contributed by atoms with Crippen LogP contribution in [0.25, 0.3) is 0 Å². The van der Waals surface area contributed by atoms with Crippen LogP contribution < -0.4 is 15.4 Å². The third kappa shape index (κ3) is 6.07. The van der Waals surface area contributed by atoms with Crippen LogP contribution in [0, 0.1) is 13.8 Å². The molecule has 2 heterocycles. The van der Waals surface area contributed by atoms with E-state index in [9.17, 15) is 0 Å². The van der Waals surface area contributed by atoms with Crippen LogP contribution in [0.5, 0.6) is 5.88 Å². The largest absolute Gasteiger partial charge is 0.473 e. The molecule has 164 valence electrons. The monoisotopic (exact) mass is 420 g/mol. The summed E-state index contributed by atoms with van der Waals surface area (Å²) in [5.74, 6) is 1.37. The fourth-order valence-corrected chi connectivity index (χ4v) is 3.49. The Balaban J connectivity index is 1.57. The molecule has 0 radical (unpaired) electrons. The molecule has 31 heavy (non-hydrogen) atoms. The van der Waals surface area contributed by atoms with Crippen LogP contribution in [0.3, 0.4) is 0 Å². The van der Waals surface area contributed by atoms with Gasteiger partial charge < -0.3 is 15.4 Å². The molecule has 0 bridgehead atoms. The van der Waals surface area contributed by atoms with Crippen molar-refractivity contribution in [3.63, 3.8) is 0 Å². The van der Waals surface area contributed by atoms with E-state index in [0.717, 1.165) is 29.2 Å². The molecule has 2 aromatic heterocycles. The van der Waals surface area contributed by atoms with Crippen molar-refractivity contribution in [2.24, 2.45) is 12.0 Å². The summed E-state index contributed by atoms with van der Waals surface area (Å²) >= 11 is 0. The molecule has 1 atom stereocenters. The van der Waals surface area contributed by atoms with Gasteiger partial charge in [-0.05, 0) is 44.4 Å².